The van der Waals surface area contributed by atoms with Crippen molar-refractivity contribution < 1.29 is 38.9 Å². The molecule has 0 saturated heterocycles. The average Bonchev–Trinajstić information content (AvgIpc) is 2.71. The van der Waals surface area contributed by atoms with Crippen LogP contribution in [0.4, 0.5) is 9.59 Å². The Balaban J connectivity index is 2.16. The number of aliphatic carboxylic acids is 2. The zero-order valence-corrected chi connectivity index (χ0v) is 15.3. The molecule has 29 heavy (non-hydrogen) atoms. The maximum Gasteiger partial charge on any atom is 0.420 e. The van der Waals surface area contributed by atoms with Gasteiger partial charge in [-0.1, -0.05) is 60.7 Å². The largest absolute Gasteiger partial charge is 0.481 e. The number of rotatable bonds is 8. The molecule has 0 bridgehead atoms. The number of hydrogen-bond donors (Lipinski definition) is 2. The van der Waals surface area contributed by atoms with Crippen LogP contribution in [0.5, 0.6) is 0 Å². The van der Waals surface area contributed by atoms with Gasteiger partial charge in [-0.3, -0.25) is 4.79 Å². The number of ether oxygens (including phenoxy) is 2. The van der Waals surface area contributed by atoms with E-state index in [1.807, 2.05) is 0 Å². The van der Waals surface area contributed by atoms with E-state index in [1.54, 1.807) is 60.7 Å². The van der Waals surface area contributed by atoms with E-state index in [2.05, 4.69) is 0 Å². The molecule has 2 aromatic carbocycles. The van der Waals surface area contributed by atoms with Gasteiger partial charge in [0, 0.05) is 0 Å². The number of hydrogen-bond acceptors (Lipinski definition) is 6. The fourth-order valence-electron chi connectivity index (χ4n) is 2.36. The number of carboxylic acids is 2. The van der Waals surface area contributed by atoms with Crippen molar-refractivity contribution in [3.8, 4) is 0 Å². The molecule has 0 aliphatic heterocycles. The van der Waals surface area contributed by atoms with E-state index < -0.39 is 36.6 Å². The lowest BCUT2D eigenvalue weighted by atomic mass is 10.2. The van der Waals surface area contributed by atoms with E-state index in [0.717, 1.165) is 0 Å². The molecular formula is C20H19NO8. The monoisotopic (exact) mass is 401 g/mol. The van der Waals surface area contributed by atoms with Crippen LogP contribution in [0.1, 0.15) is 17.5 Å². The molecule has 0 aromatic heterocycles. The molecule has 1 atom stereocenters. The summed E-state index contributed by atoms with van der Waals surface area (Å²) in [5.74, 6) is -3.19. The van der Waals surface area contributed by atoms with Crippen molar-refractivity contribution in [2.45, 2.75) is 25.7 Å². The summed E-state index contributed by atoms with van der Waals surface area (Å²) in [5.41, 5.74) is 1.20. The normalized spacial score (nSPS) is 11.2. The molecule has 9 heteroatoms. The summed E-state index contributed by atoms with van der Waals surface area (Å²) in [7, 11) is 0. The molecule has 2 rings (SSSR count). The second-order valence-electron chi connectivity index (χ2n) is 5.90. The van der Waals surface area contributed by atoms with E-state index >= 15 is 0 Å². The van der Waals surface area contributed by atoms with Crippen LogP contribution in [0.3, 0.4) is 0 Å². The molecule has 0 unspecified atom stereocenters. The highest BCUT2D eigenvalue weighted by atomic mass is 16.6. The number of amides is 2. The molecule has 9 nitrogen and oxygen atoms in total. The van der Waals surface area contributed by atoms with E-state index in [-0.39, 0.29) is 18.1 Å². The molecule has 152 valence electrons. The zero-order valence-electron chi connectivity index (χ0n) is 15.3. The van der Waals surface area contributed by atoms with Gasteiger partial charge in [-0.2, -0.15) is 4.90 Å². The summed E-state index contributed by atoms with van der Waals surface area (Å²) in [6, 6.07) is 15.0. The Morgan fingerprint density at radius 1 is 0.759 bits per heavy atom. The number of carbonyl (C=O) groups is 4. The van der Waals surface area contributed by atoms with Crippen molar-refractivity contribution >= 4 is 24.1 Å². The highest BCUT2D eigenvalue weighted by Gasteiger charge is 2.39. The topological polar surface area (TPSA) is 130 Å². The first-order chi connectivity index (χ1) is 13.9. The average molecular weight is 401 g/mol. The van der Waals surface area contributed by atoms with Gasteiger partial charge < -0.3 is 19.7 Å². The molecule has 0 aliphatic carbocycles. The molecule has 0 fully saturated rings. The molecule has 0 saturated carbocycles. The van der Waals surface area contributed by atoms with Crippen molar-refractivity contribution in [3.63, 3.8) is 0 Å². The maximum atomic E-state index is 12.4. The van der Waals surface area contributed by atoms with Crippen LogP contribution >= 0.6 is 0 Å². The van der Waals surface area contributed by atoms with Crippen LogP contribution in [0, 0.1) is 0 Å². The van der Waals surface area contributed by atoms with Crippen molar-refractivity contribution in [2.75, 3.05) is 0 Å². The van der Waals surface area contributed by atoms with Gasteiger partial charge >= 0.3 is 24.1 Å². The maximum absolute atomic E-state index is 12.4. The molecule has 2 aromatic rings. The minimum atomic E-state index is -1.99. The summed E-state index contributed by atoms with van der Waals surface area (Å²) in [5, 5.41) is 18.3. The van der Waals surface area contributed by atoms with Gasteiger partial charge in [0.1, 0.15) is 13.2 Å². The van der Waals surface area contributed by atoms with Crippen LogP contribution in [0.15, 0.2) is 60.7 Å². The minimum Gasteiger partial charge on any atom is -0.481 e. The van der Waals surface area contributed by atoms with Gasteiger partial charge in [0.25, 0.3) is 0 Å². The Hall–Kier alpha value is -3.88. The third-order valence-electron chi connectivity index (χ3n) is 3.77. The summed E-state index contributed by atoms with van der Waals surface area (Å²) in [6.07, 6.45) is -3.64. The Morgan fingerprint density at radius 2 is 1.17 bits per heavy atom. The first-order valence-electron chi connectivity index (χ1n) is 8.53. The summed E-state index contributed by atoms with van der Waals surface area (Å²) in [4.78, 5) is 47.6. The number of benzene rings is 2. The molecule has 0 heterocycles. The third-order valence-corrected chi connectivity index (χ3v) is 3.77. The molecule has 0 spiro atoms. The van der Waals surface area contributed by atoms with Gasteiger partial charge in [0.15, 0.2) is 6.04 Å². The second-order valence-corrected chi connectivity index (χ2v) is 5.90. The van der Waals surface area contributed by atoms with Crippen LogP contribution in [-0.2, 0) is 32.3 Å². The lowest BCUT2D eigenvalue weighted by Gasteiger charge is -2.25. The number of carbonyl (C=O) groups excluding carboxylic acids is 2. The molecule has 2 amide bonds. The summed E-state index contributed by atoms with van der Waals surface area (Å²) < 4.78 is 10.0. The fraction of sp³-hybridized carbons (Fsp3) is 0.200. The molecule has 0 radical (unpaired) electrons. The highest BCUT2D eigenvalue weighted by molar-refractivity contribution is 5.95. The van der Waals surface area contributed by atoms with Crippen LogP contribution in [-0.4, -0.2) is 45.3 Å². The molecule has 2 N–H and O–H groups in total. The Morgan fingerprint density at radius 3 is 1.52 bits per heavy atom. The van der Waals surface area contributed by atoms with Gasteiger partial charge in [0.2, 0.25) is 0 Å². The zero-order chi connectivity index (χ0) is 21.2. The predicted molar refractivity (Wildman–Crippen MR) is 98.8 cm³/mol. The lowest BCUT2D eigenvalue weighted by Crippen LogP contribution is -2.50. The number of nitrogens with zero attached hydrogens (tertiary/aromatic N) is 1. The fourth-order valence-corrected chi connectivity index (χ4v) is 2.36. The van der Waals surface area contributed by atoms with Crippen LogP contribution in [0.2, 0.25) is 0 Å². The summed E-state index contributed by atoms with van der Waals surface area (Å²) in [6.45, 7) is -0.469. The third kappa shape index (κ3) is 6.65. The lowest BCUT2D eigenvalue weighted by molar-refractivity contribution is -0.148. The highest BCUT2D eigenvalue weighted by Crippen LogP contribution is 2.13. The number of carboxylic acid groups (broad SMARTS) is 2. The summed E-state index contributed by atoms with van der Waals surface area (Å²) >= 11 is 0. The Labute approximate surface area is 166 Å². The first-order valence-corrected chi connectivity index (χ1v) is 8.53. The van der Waals surface area contributed by atoms with Crippen LogP contribution < -0.4 is 0 Å². The van der Waals surface area contributed by atoms with Crippen molar-refractivity contribution in [3.05, 3.63) is 71.8 Å². The van der Waals surface area contributed by atoms with E-state index in [0.29, 0.717) is 11.1 Å². The van der Waals surface area contributed by atoms with Gasteiger partial charge in [-0.15, -0.1) is 0 Å². The standard InChI is InChI=1S/C20H19NO8/c22-17(23)11-16(18(24)25)21(19(26)28-12-14-7-3-1-4-8-14)20(27)29-13-15-9-5-2-6-10-15/h1-10,16H,11-13H2,(H,22,23)(H,24,25)/t16-/m0/s1. The smallest absolute Gasteiger partial charge is 0.420 e. The van der Waals surface area contributed by atoms with Gasteiger partial charge in [0.05, 0.1) is 6.42 Å². The quantitative estimate of drug-likeness (QED) is 0.690. The Bertz CT molecular complexity index is 798. The molecule has 0 aliphatic rings. The van der Waals surface area contributed by atoms with E-state index in [9.17, 15) is 24.3 Å². The SMILES string of the molecule is O=C(O)C[C@@H](C(=O)O)N(C(=O)OCc1ccccc1)C(=O)OCc1ccccc1. The van der Waals surface area contributed by atoms with Crippen molar-refractivity contribution in [1.29, 1.82) is 0 Å². The minimum absolute atomic E-state index is 0.169. The van der Waals surface area contributed by atoms with Gasteiger partial charge in [-0.25, -0.2) is 14.4 Å². The van der Waals surface area contributed by atoms with Crippen molar-refractivity contribution in [1.82, 2.24) is 4.90 Å². The Kier molecular flexibility index (Phi) is 7.72. The second kappa shape index (κ2) is 10.5. The molecular weight excluding hydrogens is 382 g/mol. The van der Waals surface area contributed by atoms with Crippen LogP contribution in [0.25, 0.3) is 0 Å². The van der Waals surface area contributed by atoms with Gasteiger partial charge in [-0.05, 0) is 11.1 Å². The predicted octanol–water partition coefficient (Wildman–Crippen LogP) is 2.89. The number of imide groups is 1. The van der Waals surface area contributed by atoms with E-state index in [1.165, 1.54) is 0 Å². The van der Waals surface area contributed by atoms with E-state index in [4.69, 9.17) is 14.6 Å². The van der Waals surface area contributed by atoms with Crippen molar-refractivity contribution in [2.24, 2.45) is 0 Å². The first kappa shape index (κ1) is 21.4.